The van der Waals surface area contributed by atoms with Crippen LogP contribution in [0.1, 0.15) is 22.5 Å². The van der Waals surface area contributed by atoms with Crippen LogP contribution in [0.4, 0.5) is 10.1 Å². The summed E-state index contributed by atoms with van der Waals surface area (Å²) in [4.78, 5) is 22.3. The Morgan fingerprint density at radius 2 is 2.10 bits per heavy atom. The summed E-state index contributed by atoms with van der Waals surface area (Å²) in [5.41, 5.74) is -0.212. The highest BCUT2D eigenvalue weighted by atomic mass is 19.1. The van der Waals surface area contributed by atoms with Crippen LogP contribution >= 0.6 is 0 Å². The Kier molecular flexibility index (Phi) is 4.14. The summed E-state index contributed by atoms with van der Waals surface area (Å²) >= 11 is 0. The van der Waals surface area contributed by atoms with Gasteiger partial charge >= 0.3 is 5.97 Å². The van der Waals surface area contributed by atoms with E-state index in [4.69, 9.17) is 9.52 Å². The Bertz CT molecular complexity index is 622. The monoisotopic (exact) mass is 277 g/mol. The summed E-state index contributed by atoms with van der Waals surface area (Å²) in [6.07, 6.45) is 2.15. The van der Waals surface area contributed by atoms with E-state index in [9.17, 15) is 14.0 Å². The van der Waals surface area contributed by atoms with Crippen LogP contribution in [0.25, 0.3) is 0 Å². The number of carbonyl (C=O) groups excluding carboxylic acids is 1. The van der Waals surface area contributed by atoms with Gasteiger partial charge in [-0.2, -0.15) is 0 Å². The van der Waals surface area contributed by atoms with Crippen molar-refractivity contribution >= 4 is 17.6 Å². The quantitative estimate of drug-likeness (QED) is 0.880. The van der Waals surface area contributed by atoms with Gasteiger partial charge in [0.05, 0.1) is 11.8 Å². The largest absolute Gasteiger partial charge is 0.478 e. The van der Waals surface area contributed by atoms with Crippen LogP contribution in [-0.2, 0) is 11.2 Å². The summed E-state index contributed by atoms with van der Waals surface area (Å²) in [6.45, 7) is 0. The lowest BCUT2D eigenvalue weighted by Crippen LogP contribution is -2.13. The Morgan fingerprint density at radius 3 is 2.70 bits per heavy atom. The fourth-order valence-electron chi connectivity index (χ4n) is 1.68. The summed E-state index contributed by atoms with van der Waals surface area (Å²) in [7, 11) is 0. The van der Waals surface area contributed by atoms with Crippen molar-refractivity contribution in [2.45, 2.75) is 12.8 Å². The van der Waals surface area contributed by atoms with Gasteiger partial charge in [-0.05, 0) is 30.3 Å². The number of carboxylic acid groups (broad SMARTS) is 1. The standard InChI is InChI=1S/C14H12FNO4/c15-12-8-9(3-5-11(12)14(18)19)16-13(17)6-4-10-2-1-7-20-10/h1-3,5,7-8H,4,6H2,(H,16,17)(H,18,19). The van der Waals surface area contributed by atoms with E-state index >= 15 is 0 Å². The van der Waals surface area contributed by atoms with Gasteiger partial charge in [0.25, 0.3) is 0 Å². The Balaban J connectivity index is 1.94. The number of aromatic carboxylic acids is 1. The van der Waals surface area contributed by atoms with Crippen molar-refractivity contribution in [2.24, 2.45) is 0 Å². The molecule has 2 aromatic rings. The zero-order valence-corrected chi connectivity index (χ0v) is 10.4. The van der Waals surface area contributed by atoms with Gasteiger partial charge in [-0.3, -0.25) is 4.79 Å². The maximum absolute atomic E-state index is 13.4. The molecule has 0 saturated carbocycles. The van der Waals surface area contributed by atoms with Crippen LogP contribution in [0.3, 0.4) is 0 Å². The second-order valence-corrected chi connectivity index (χ2v) is 4.13. The Hall–Kier alpha value is -2.63. The molecule has 0 fully saturated rings. The zero-order valence-electron chi connectivity index (χ0n) is 10.4. The van der Waals surface area contributed by atoms with Crippen LogP contribution in [0.2, 0.25) is 0 Å². The number of anilines is 1. The fourth-order valence-corrected chi connectivity index (χ4v) is 1.68. The van der Waals surface area contributed by atoms with E-state index in [1.54, 1.807) is 12.1 Å². The smallest absolute Gasteiger partial charge is 0.338 e. The molecular weight excluding hydrogens is 265 g/mol. The zero-order chi connectivity index (χ0) is 14.5. The summed E-state index contributed by atoms with van der Waals surface area (Å²) < 4.78 is 18.5. The first-order valence-corrected chi connectivity index (χ1v) is 5.91. The van der Waals surface area contributed by atoms with Crippen molar-refractivity contribution < 1.29 is 23.5 Å². The third kappa shape index (κ3) is 3.44. The van der Waals surface area contributed by atoms with Crippen molar-refractivity contribution in [1.82, 2.24) is 0 Å². The molecule has 0 atom stereocenters. The van der Waals surface area contributed by atoms with Crippen molar-refractivity contribution in [1.29, 1.82) is 0 Å². The van der Waals surface area contributed by atoms with Crippen LogP contribution in [-0.4, -0.2) is 17.0 Å². The average Bonchev–Trinajstić information content (AvgIpc) is 2.89. The summed E-state index contributed by atoms with van der Waals surface area (Å²) in [6, 6.07) is 6.92. The molecule has 104 valence electrons. The maximum Gasteiger partial charge on any atom is 0.338 e. The number of carboxylic acids is 1. The predicted molar refractivity (Wildman–Crippen MR) is 69.0 cm³/mol. The van der Waals surface area contributed by atoms with E-state index in [0.29, 0.717) is 12.2 Å². The highest BCUT2D eigenvalue weighted by Crippen LogP contribution is 2.15. The van der Waals surface area contributed by atoms with Gasteiger partial charge in [0.2, 0.25) is 5.91 Å². The number of hydrogen-bond donors (Lipinski definition) is 2. The van der Waals surface area contributed by atoms with Gasteiger partial charge < -0.3 is 14.8 Å². The third-order valence-corrected chi connectivity index (χ3v) is 2.66. The van der Waals surface area contributed by atoms with E-state index in [-0.39, 0.29) is 18.0 Å². The number of halogens is 1. The lowest BCUT2D eigenvalue weighted by molar-refractivity contribution is -0.116. The van der Waals surface area contributed by atoms with Crippen LogP contribution in [0.5, 0.6) is 0 Å². The van der Waals surface area contributed by atoms with Crippen molar-refractivity contribution in [3.05, 3.63) is 53.7 Å². The van der Waals surface area contributed by atoms with Gasteiger partial charge in [0.1, 0.15) is 11.6 Å². The minimum absolute atomic E-state index is 0.190. The van der Waals surface area contributed by atoms with Gasteiger partial charge in [-0.15, -0.1) is 0 Å². The van der Waals surface area contributed by atoms with E-state index in [1.807, 2.05) is 0 Å². The highest BCUT2D eigenvalue weighted by Gasteiger charge is 2.11. The fraction of sp³-hybridized carbons (Fsp3) is 0.143. The molecular formula is C14H12FNO4. The van der Waals surface area contributed by atoms with Gasteiger partial charge in [0, 0.05) is 18.5 Å². The molecule has 0 aliphatic rings. The lowest BCUT2D eigenvalue weighted by atomic mass is 10.2. The molecule has 0 saturated heterocycles. The number of furan rings is 1. The molecule has 2 rings (SSSR count). The Morgan fingerprint density at radius 1 is 1.30 bits per heavy atom. The molecule has 0 aliphatic heterocycles. The molecule has 2 N–H and O–H groups in total. The lowest BCUT2D eigenvalue weighted by Gasteiger charge is -2.06. The Labute approximate surface area is 114 Å². The first-order chi connectivity index (χ1) is 9.56. The van der Waals surface area contributed by atoms with E-state index in [1.165, 1.54) is 12.3 Å². The molecule has 0 aliphatic carbocycles. The van der Waals surface area contributed by atoms with Crippen LogP contribution in [0.15, 0.2) is 41.0 Å². The van der Waals surface area contributed by atoms with Crippen LogP contribution < -0.4 is 5.32 Å². The van der Waals surface area contributed by atoms with E-state index < -0.39 is 17.3 Å². The number of amides is 1. The minimum atomic E-state index is -1.35. The predicted octanol–water partition coefficient (Wildman–Crippen LogP) is 2.69. The molecule has 0 unspecified atom stereocenters. The van der Waals surface area contributed by atoms with E-state index in [2.05, 4.69) is 5.32 Å². The normalized spacial score (nSPS) is 10.2. The number of nitrogens with one attached hydrogen (secondary N) is 1. The van der Waals surface area contributed by atoms with Crippen molar-refractivity contribution in [3.8, 4) is 0 Å². The van der Waals surface area contributed by atoms with E-state index in [0.717, 1.165) is 12.1 Å². The minimum Gasteiger partial charge on any atom is -0.478 e. The average molecular weight is 277 g/mol. The molecule has 20 heavy (non-hydrogen) atoms. The molecule has 1 amide bonds. The molecule has 1 aromatic heterocycles. The molecule has 1 heterocycles. The summed E-state index contributed by atoms with van der Waals surface area (Å²) in [5.74, 6) is -1.85. The van der Waals surface area contributed by atoms with Crippen LogP contribution in [0, 0.1) is 5.82 Å². The molecule has 0 bridgehead atoms. The SMILES string of the molecule is O=C(CCc1ccco1)Nc1ccc(C(=O)O)c(F)c1. The van der Waals surface area contributed by atoms with Crippen molar-refractivity contribution in [3.63, 3.8) is 0 Å². The summed E-state index contributed by atoms with van der Waals surface area (Å²) in [5, 5.41) is 11.2. The number of benzene rings is 1. The number of hydrogen-bond acceptors (Lipinski definition) is 3. The maximum atomic E-state index is 13.4. The highest BCUT2D eigenvalue weighted by molar-refractivity contribution is 5.92. The molecule has 1 aromatic carbocycles. The third-order valence-electron chi connectivity index (χ3n) is 2.66. The molecule has 0 spiro atoms. The van der Waals surface area contributed by atoms with Crippen molar-refractivity contribution in [2.75, 3.05) is 5.32 Å². The second kappa shape index (κ2) is 6.01. The molecule has 0 radical (unpaired) electrons. The second-order valence-electron chi connectivity index (χ2n) is 4.13. The first kappa shape index (κ1) is 13.8. The molecule has 5 nitrogen and oxygen atoms in total. The number of rotatable bonds is 5. The number of carbonyl (C=O) groups is 2. The van der Waals surface area contributed by atoms with Gasteiger partial charge in [-0.25, -0.2) is 9.18 Å². The number of aryl methyl sites for hydroxylation is 1. The topological polar surface area (TPSA) is 79.5 Å². The van der Waals surface area contributed by atoms with Gasteiger partial charge in [-0.1, -0.05) is 0 Å². The first-order valence-electron chi connectivity index (χ1n) is 5.91. The molecule has 6 heteroatoms. The van der Waals surface area contributed by atoms with Gasteiger partial charge in [0.15, 0.2) is 0 Å².